The first-order valence-electron chi connectivity index (χ1n) is 7.70. The highest BCUT2D eigenvalue weighted by atomic mass is 32.2. The Labute approximate surface area is 142 Å². The second-order valence-electron chi connectivity index (χ2n) is 5.42. The molecule has 0 atom stereocenters. The second-order valence-corrected chi connectivity index (χ2v) is 7.10. The number of ketones is 1. The van der Waals surface area contributed by atoms with Crippen molar-refractivity contribution in [3.8, 4) is 0 Å². The number of benzene rings is 1. The largest absolute Gasteiger partial charge is 0.461 e. The lowest BCUT2D eigenvalue weighted by molar-refractivity contribution is 0.101. The van der Waals surface area contributed by atoms with Gasteiger partial charge in [-0.1, -0.05) is 19.1 Å². The van der Waals surface area contributed by atoms with Gasteiger partial charge in [0, 0.05) is 11.1 Å². The second kappa shape index (κ2) is 7.05. The van der Waals surface area contributed by atoms with Gasteiger partial charge in [0.25, 0.3) is 10.0 Å². The molecule has 128 valence electrons. The van der Waals surface area contributed by atoms with Gasteiger partial charge in [-0.05, 0) is 51.5 Å². The number of nitrogens with one attached hydrogen (secondary N) is 1. The Morgan fingerprint density at radius 1 is 1.33 bits per heavy atom. The van der Waals surface area contributed by atoms with E-state index in [1.807, 2.05) is 6.92 Å². The van der Waals surface area contributed by atoms with Crippen LogP contribution in [0.1, 0.15) is 43.3 Å². The molecule has 24 heavy (non-hydrogen) atoms. The number of carbonyl (C=O) groups excluding carboxylic acids is 1. The highest BCUT2D eigenvalue weighted by Gasteiger charge is 2.18. The summed E-state index contributed by atoms with van der Waals surface area (Å²) in [7, 11) is -3.69. The molecular formula is C18H21NO4S. The van der Waals surface area contributed by atoms with Gasteiger partial charge in [0.05, 0.1) is 10.5 Å². The summed E-state index contributed by atoms with van der Waals surface area (Å²) in [4.78, 5) is 12.0. The summed E-state index contributed by atoms with van der Waals surface area (Å²) in [6, 6.07) is 4.90. The van der Waals surface area contributed by atoms with Gasteiger partial charge in [0.1, 0.15) is 11.3 Å². The molecule has 6 heteroatoms. The smallest absolute Gasteiger partial charge is 0.261 e. The molecule has 0 bridgehead atoms. The van der Waals surface area contributed by atoms with Crippen LogP contribution in [-0.2, 0) is 10.0 Å². The van der Waals surface area contributed by atoms with Crippen LogP contribution in [0.2, 0.25) is 0 Å². The lowest BCUT2D eigenvalue weighted by Gasteiger charge is -2.09. The van der Waals surface area contributed by atoms with Gasteiger partial charge >= 0.3 is 0 Å². The van der Waals surface area contributed by atoms with E-state index in [2.05, 4.69) is 4.72 Å². The van der Waals surface area contributed by atoms with Gasteiger partial charge in [0.2, 0.25) is 0 Å². The van der Waals surface area contributed by atoms with Crippen LogP contribution in [0.4, 0.5) is 5.69 Å². The summed E-state index contributed by atoms with van der Waals surface area (Å²) in [5.41, 5.74) is 1.42. The molecule has 0 unspecified atom stereocenters. The molecule has 0 fully saturated rings. The Bertz CT molecular complexity index is 933. The van der Waals surface area contributed by atoms with E-state index in [0.29, 0.717) is 34.4 Å². The Hall–Kier alpha value is -2.34. The summed E-state index contributed by atoms with van der Waals surface area (Å²) in [6.45, 7) is 6.81. The van der Waals surface area contributed by atoms with Gasteiger partial charge < -0.3 is 4.42 Å². The first-order chi connectivity index (χ1) is 11.3. The summed E-state index contributed by atoms with van der Waals surface area (Å²) in [5.74, 6) is 0.407. The van der Waals surface area contributed by atoms with Gasteiger partial charge in [0.15, 0.2) is 5.78 Å². The number of furan rings is 1. The molecule has 2 rings (SSSR count). The van der Waals surface area contributed by atoms with Crippen molar-refractivity contribution in [3.05, 3.63) is 52.7 Å². The van der Waals surface area contributed by atoms with E-state index in [0.717, 1.165) is 0 Å². The van der Waals surface area contributed by atoms with E-state index in [4.69, 9.17) is 4.42 Å². The van der Waals surface area contributed by atoms with E-state index in [-0.39, 0.29) is 10.7 Å². The molecule has 0 amide bonds. The average Bonchev–Trinajstić information content (AvgIpc) is 2.82. The monoisotopic (exact) mass is 347 g/mol. The summed E-state index contributed by atoms with van der Waals surface area (Å²) < 4.78 is 33.1. The first-order valence-corrected chi connectivity index (χ1v) is 9.18. The quantitative estimate of drug-likeness (QED) is 0.614. The fourth-order valence-corrected chi connectivity index (χ4v) is 3.82. The van der Waals surface area contributed by atoms with Crippen LogP contribution in [0.3, 0.4) is 0 Å². The number of carbonyl (C=O) groups is 1. The number of sulfonamides is 1. The van der Waals surface area contributed by atoms with Crippen molar-refractivity contribution in [2.75, 3.05) is 4.72 Å². The van der Waals surface area contributed by atoms with E-state index < -0.39 is 10.0 Å². The van der Waals surface area contributed by atoms with Crippen molar-refractivity contribution in [3.63, 3.8) is 0 Å². The van der Waals surface area contributed by atoms with Crippen LogP contribution < -0.4 is 4.72 Å². The van der Waals surface area contributed by atoms with Crippen LogP contribution in [0.15, 0.2) is 45.7 Å². The number of aryl methyl sites for hydroxylation is 1. The zero-order valence-corrected chi connectivity index (χ0v) is 15.0. The molecule has 1 heterocycles. The standard InChI is InChI=1S/C18H21NO4S/c1-5-7-15(8-6-2)24(21,22)19-14-9-10-17-16(11-14)18(12(3)20)13(4)23-17/h5,7-11,19H,6H2,1-4H3/b7-5-,15-8+. The minimum absolute atomic E-state index is 0.119. The highest BCUT2D eigenvalue weighted by molar-refractivity contribution is 7.96. The number of anilines is 1. The topological polar surface area (TPSA) is 76.4 Å². The molecule has 2 aromatic rings. The fourth-order valence-electron chi connectivity index (χ4n) is 2.57. The fraction of sp³-hybridized carbons (Fsp3) is 0.278. The zero-order valence-electron chi connectivity index (χ0n) is 14.2. The molecule has 0 aliphatic rings. The van der Waals surface area contributed by atoms with Crippen LogP contribution in [0.25, 0.3) is 11.0 Å². The number of Topliss-reactive ketones (excluding diaryl/α,β-unsaturated/α-hetero) is 1. The molecule has 1 aromatic heterocycles. The van der Waals surface area contributed by atoms with Crippen molar-refractivity contribution in [1.82, 2.24) is 0 Å². The molecule has 0 spiro atoms. The summed E-state index contributed by atoms with van der Waals surface area (Å²) in [5, 5.41) is 0.604. The van der Waals surface area contributed by atoms with E-state index in [1.54, 1.807) is 50.3 Å². The van der Waals surface area contributed by atoms with E-state index in [9.17, 15) is 13.2 Å². The molecule has 1 aromatic carbocycles. The molecule has 0 saturated carbocycles. The minimum Gasteiger partial charge on any atom is -0.461 e. The van der Waals surface area contributed by atoms with Gasteiger partial charge in [-0.15, -0.1) is 0 Å². The molecule has 5 nitrogen and oxygen atoms in total. The lowest BCUT2D eigenvalue weighted by atomic mass is 10.1. The van der Waals surface area contributed by atoms with Crippen molar-refractivity contribution < 1.29 is 17.6 Å². The zero-order chi connectivity index (χ0) is 17.9. The number of hydrogen-bond acceptors (Lipinski definition) is 4. The minimum atomic E-state index is -3.69. The van der Waals surface area contributed by atoms with Crippen molar-refractivity contribution in [1.29, 1.82) is 0 Å². The maximum atomic E-state index is 12.5. The summed E-state index contributed by atoms with van der Waals surface area (Å²) in [6.07, 6.45) is 5.48. The molecule has 0 saturated heterocycles. The molecule has 0 aliphatic carbocycles. The number of hydrogen-bond donors (Lipinski definition) is 1. The molecule has 0 aliphatic heterocycles. The third-order valence-electron chi connectivity index (χ3n) is 3.51. The van der Waals surface area contributed by atoms with Gasteiger partial charge in [-0.25, -0.2) is 8.42 Å². The van der Waals surface area contributed by atoms with Gasteiger partial charge in [-0.2, -0.15) is 0 Å². The van der Waals surface area contributed by atoms with Crippen LogP contribution in [0, 0.1) is 6.92 Å². The Morgan fingerprint density at radius 2 is 2.04 bits per heavy atom. The van der Waals surface area contributed by atoms with Crippen LogP contribution >= 0.6 is 0 Å². The van der Waals surface area contributed by atoms with E-state index in [1.165, 1.54) is 6.92 Å². The van der Waals surface area contributed by atoms with Crippen LogP contribution in [-0.4, -0.2) is 14.2 Å². The third-order valence-corrected chi connectivity index (χ3v) is 4.94. The predicted octanol–water partition coefficient (Wildman–Crippen LogP) is 4.56. The number of rotatable bonds is 6. The Kier molecular flexibility index (Phi) is 5.29. The molecule has 0 radical (unpaired) electrons. The predicted molar refractivity (Wildman–Crippen MR) is 96.7 cm³/mol. The lowest BCUT2D eigenvalue weighted by Crippen LogP contribution is -2.14. The van der Waals surface area contributed by atoms with Crippen LogP contribution in [0.5, 0.6) is 0 Å². The summed E-state index contributed by atoms with van der Waals surface area (Å²) >= 11 is 0. The van der Waals surface area contributed by atoms with E-state index >= 15 is 0 Å². The Morgan fingerprint density at radius 3 is 2.62 bits per heavy atom. The van der Waals surface area contributed by atoms with Crippen molar-refractivity contribution in [2.24, 2.45) is 0 Å². The van der Waals surface area contributed by atoms with Crippen molar-refractivity contribution >= 4 is 32.5 Å². The third kappa shape index (κ3) is 3.59. The average molecular weight is 347 g/mol. The number of allylic oxidation sites excluding steroid dienone is 3. The normalized spacial score (nSPS) is 12.9. The number of fused-ring (bicyclic) bond motifs is 1. The molecule has 1 N–H and O–H groups in total. The Balaban J connectivity index is 2.48. The SMILES string of the molecule is C/C=C\C(=C/CC)S(=O)(=O)Nc1ccc2oc(C)c(C(C)=O)c2c1. The first kappa shape index (κ1) is 18.0. The van der Waals surface area contributed by atoms with Crippen molar-refractivity contribution in [2.45, 2.75) is 34.1 Å². The maximum Gasteiger partial charge on any atom is 0.261 e. The van der Waals surface area contributed by atoms with Gasteiger partial charge in [-0.3, -0.25) is 9.52 Å². The maximum absolute atomic E-state index is 12.5. The molecular weight excluding hydrogens is 326 g/mol. The highest BCUT2D eigenvalue weighted by Crippen LogP contribution is 2.29.